The minimum atomic E-state index is -3.83. The Morgan fingerprint density at radius 2 is 1.72 bits per heavy atom. The smallest absolute Gasteiger partial charge is 0.245 e. The molecule has 9 nitrogen and oxygen atoms in total. The zero-order valence-corrected chi connectivity index (χ0v) is 23.3. The van der Waals surface area contributed by atoms with Crippen LogP contribution in [0.1, 0.15) is 55.0 Å². The van der Waals surface area contributed by atoms with Gasteiger partial charge < -0.3 is 9.09 Å². The van der Waals surface area contributed by atoms with Gasteiger partial charge in [0.25, 0.3) is 0 Å². The Morgan fingerprint density at radius 1 is 0.974 bits per heavy atom. The largest absolute Gasteiger partial charge is 0.338 e. The molecule has 202 valence electrons. The predicted octanol–water partition coefficient (Wildman–Crippen LogP) is 5.17. The summed E-state index contributed by atoms with van der Waals surface area (Å²) < 4.78 is 36.4. The van der Waals surface area contributed by atoms with Gasteiger partial charge in [-0.25, -0.2) is 13.4 Å². The number of aromatic nitrogens is 5. The summed E-state index contributed by atoms with van der Waals surface area (Å²) in [6.45, 7) is 6.61. The zero-order chi connectivity index (χ0) is 27.6. The average molecular weight is 545 g/mol. The van der Waals surface area contributed by atoms with Crippen molar-refractivity contribution in [2.24, 2.45) is 5.92 Å². The van der Waals surface area contributed by atoms with Gasteiger partial charge in [0, 0.05) is 26.2 Å². The van der Waals surface area contributed by atoms with Crippen LogP contribution in [0.5, 0.6) is 0 Å². The molecule has 5 rings (SSSR count). The van der Waals surface area contributed by atoms with Crippen LogP contribution in [0.3, 0.4) is 0 Å². The fraction of sp³-hybridized carbons (Fsp3) is 0.310. The van der Waals surface area contributed by atoms with Crippen LogP contribution in [-0.4, -0.2) is 44.4 Å². The lowest BCUT2D eigenvalue weighted by molar-refractivity contribution is 0.247. The maximum Gasteiger partial charge on any atom is 0.245 e. The van der Waals surface area contributed by atoms with Gasteiger partial charge in [-0.15, -0.1) is 0 Å². The van der Waals surface area contributed by atoms with E-state index in [0.29, 0.717) is 31.1 Å². The Bertz CT molecular complexity index is 1660. The fourth-order valence-electron chi connectivity index (χ4n) is 4.69. The first-order chi connectivity index (χ1) is 18.7. The molecule has 0 aliphatic heterocycles. The van der Waals surface area contributed by atoms with E-state index >= 15 is 0 Å². The highest BCUT2D eigenvalue weighted by Gasteiger charge is 2.33. The molecule has 0 amide bonds. The molecule has 1 unspecified atom stereocenters. The Morgan fingerprint density at radius 3 is 2.44 bits per heavy atom. The van der Waals surface area contributed by atoms with E-state index in [1.165, 1.54) is 4.31 Å². The van der Waals surface area contributed by atoms with E-state index < -0.39 is 16.1 Å². The van der Waals surface area contributed by atoms with Crippen LogP contribution in [0, 0.1) is 12.8 Å². The maximum atomic E-state index is 13.7. The van der Waals surface area contributed by atoms with Crippen LogP contribution in [0.4, 0.5) is 0 Å². The minimum Gasteiger partial charge on any atom is -0.338 e. The molecular formula is C29H32N6O3S. The third-order valence-corrected chi connectivity index (χ3v) is 8.67. The first kappa shape index (κ1) is 26.7. The summed E-state index contributed by atoms with van der Waals surface area (Å²) in [7, 11) is -2.25. The van der Waals surface area contributed by atoms with Gasteiger partial charge in [0.15, 0.2) is 5.82 Å². The van der Waals surface area contributed by atoms with Crippen molar-refractivity contribution in [1.82, 2.24) is 29.0 Å². The van der Waals surface area contributed by atoms with Crippen LogP contribution in [0.15, 0.2) is 82.5 Å². The minimum absolute atomic E-state index is 0.211. The predicted molar refractivity (Wildman–Crippen MR) is 148 cm³/mol. The molecular weight excluding hydrogens is 512 g/mol. The molecule has 3 aromatic heterocycles. The number of hydrogen-bond acceptors (Lipinski definition) is 7. The first-order valence-electron chi connectivity index (χ1n) is 12.9. The molecule has 0 bridgehead atoms. The van der Waals surface area contributed by atoms with E-state index in [1.54, 1.807) is 31.6 Å². The van der Waals surface area contributed by atoms with Crippen LogP contribution < -0.4 is 0 Å². The molecule has 39 heavy (non-hydrogen) atoms. The van der Waals surface area contributed by atoms with Crippen molar-refractivity contribution in [3.05, 3.63) is 102 Å². The second kappa shape index (κ2) is 11.1. The Balaban J connectivity index is 1.37. The number of pyridine rings is 1. The molecule has 0 fully saturated rings. The number of imidazole rings is 1. The third-order valence-electron chi connectivity index (χ3n) is 6.79. The highest BCUT2D eigenvalue weighted by atomic mass is 32.2. The number of benzene rings is 2. The van der Waals surface area contributed by atoms with E-state index in [4.69, 9.17) is 4.52 Å². The van der Waals surface area contributed by atoms with Crippen molar-refractivity contribution < 1.29 is 12.9 Å². The molecule has 0 radical (unpaired) electrons. The van der Waals surface area contributed by atoms with Gasteiger partial charge in [0.1, 0.15) is 17.4 Å². The maximum absolute atomic E-state index is 13.7. The molecule has 0 N–H and O–H groups in total. The van der Waals surface area contributed by atoms with Gasteiger partial charge in [0.05, 0.1) is 16.6 Å². The standard InChI is InChI=1S/C29H32N6O3S/c1-20(2)16-27(29-32-28(33-38-29)17-22-8-6-5-7-9-22)34(4)39(36,37)24-12-10-23(11-13-24)19-35-21(3)31-25-18-30-15-14-26(25)35/h5-15,18,20,27H,16-17,19H2,1-4H3. The van der Waals surface area contributed by atoms with Crippen molar-refractivity contribution in [2.75, 3.05) is 7.05 Å². The summed E-state index contributed by atoms with van der Waals surface area (Å²) in [5, 5.41) is 4.13. The summed E-state index contributed by atoms with van der Waals surface area (Å²) in [6, 6.07) is 18.2. The molecule has 2 aromatic carbocycles. The molecule has 0 spiro atoms. The summed E-state index contributed by atoms with van der Waals surface area (Å²) in [6.07, 6.45) is 4.54. The first-order valence-corrected chi connectivity index (χ1v) is 14.4. The van der Waals surface area contributed by atoms with Crippen LogP contribution in [0.25, 0.3) is 11.0 Å². The molecule has 10 heteroatoms. The number of aryl methyl sites for hydroxylation is 1. The fourth-order valence-corrected chi connectivity index (χ4v) is 6.01. The molecule has 1 atom stereocenters. The number of fused-ring (bicyclic) bond motifs is 1. The van der Waals surface area contributed by atoms with Crippen molar-refractivity contribution in [3.8, 4) is 0 Å². The number of sulfonamides is 1. The molecule has 0 saturated carbocycles. The monoisotopic (exact) mass is 544 g/mol. The van der Waals surface area contributed by atoms with Crippen molar-refractivity contribution >= 4 is 21.1 Å². The SMILES string of the molecule is Cc1nc2cnccc2n1Cc1ccc(S(=O)(=O)N(C)C(CC(C)C)c2nc(Cc3ccccc3)no2)cc1. The lowest BCUT2D eigenvalue weighted by Crippen LogP contribution is -2.32. The number of hydrogen-bond donors (Lipinski definition) is 0. The van der Waals surface area contributed by atoms with Crippen molar-refractivity contribution in [3.63, 3.8) is 0 Å². The second-order valence-electron chi connectivity index (χ2n) is 10.1. The topological polar surface area (TPSA) is 107 Å². The number of nitrogens with zero attached hydrogens (tertiary/aromatic N) is 6. The molecule has 0 aliphatic rings. The molecule has 0 saturated heterocycles. The average Bonchev–Trinajstić information content (AvgIpc) is 3.51. The van der Waals surface area contributed by atoms with Crippen molar-refractivity contribution in [2.45, 2.75) is 51.1 Å². The second-order valence-corrected chi connectivity index (χ2v) is 12.1. The van der Waals surface area contributed by atoms with Gasteiger partial charge in [-0.3, -0.25) is 4.98 Å². The Kier molecular flexibility index (Phi) is 7.58. The van der Waals surface area contributed by atoms with Gasteiger partial charge >= 0.3 is 0 Å². The zero-order valence-electron chi connectivity index (χ0n) is 22.5. The van der Waals surface area contributed by atoms with Crippen molar-refractivity contribution in [1.29, 1.82) is 0 Å². The molecule has 5 aromatic rings. The lowest BCUT2D eigenvalue weighted by atomic mass is 10.0. The summed E-state index contributed by atoms with van der Waals surface area (Å²) >= 11 is 0. The van der Waals surface area contributed by atoms with Gasteiger partial charge in [-0.2, -0.15) is 9.29 Å². The quantitative estimate of drug-likeness (QED) is 0.239. The molecule has 3 heterocycles. The normalized spacial score (nSPS) is 13.0. The van der Waals surface area contributed by atoms with Gasteiger partial charge in [-0.1, -0.05) is 61.5 Å². The number of rotatable bonds is 10. The van der Waals surface area contributed by atoms with E-state index in [0.717, 1.165) is 28.0 Å². The lowest BCUT2D eigenvalue weighted by Gasteiger charge is -2.26. The Labute approximate surface area is 228 Å². The van der Waals surface area contributed by atoms with Gasteiger partial charge in [-0.05, 0) is 48.6 Å². The Hall–Kier alpha value is -3.89. The van der Waals surface area contributed by atoms with Crippen LogP contribution in [-0.2, 0) is 23.0 Å². The summed E-state index contributed by atoms with van der Waals surface area (Å²) in [5.74, 6) is 1.91. The molecule has 0 aliphatic carbocycles. The van der Waals surface area contributed by atoms with E-state index in [1.807, 2.05) is 69.3 Å². The van der Waals surface area contributed by atoms with Gasteiger partial charge in [0.2, 0.25) is 15.9 Å². The van der Waals surface area contributed by atoms with Crippen LogP contribution in [0.2, 0.25) is 0 Å². The summed E-state index contributed by atoms with van der Waals surface area (Å²) in [5.41, 5.74) is 3.85. The van der Waals surface area contributed by atoms with E-state index in [-0.39, 0.29) is 10.8 Å². The highest BCUT2D eigenvalue weighted by molar-refractivity contribution is 7.89. The third kappa shape index (κ3) is 5.76. The van der Waals surface area contributed by atoms with E-state index in [2.05, 4.69) is 24.7 Å². The van der Waals surface area contributed by atoms with Crippen LogP contribution >= 0.6 is 0 Å². The summed E-state index contributed by atoms with van der Waals surface area (Å²) in [4.78, 5) is 13.5. The van der Waals surface area contributed by atoms with E-state index in [9.17, 15) is 8.42 Å². The highest BCUT2D eigenvalue weighted by Crippen LogP contribution is 2.31.